The lowest BCUT2D eigenvalue weighted by molar-refractivity contribution is 0.0601. The molecule has 0 unspecified atom stereocenters. The number of nitrogens with zero attached hydrogens (tertiary/aromatic N) is 1. The minimum Gasteiger partial charge on any atom is -0.473 e. The largest absolute Gasteiger partial charge is 0.473 e. The van der Waals surface area contributed by atoms with Crippen LogP contribution in [0, 0.1) is 5.82 Å². The minimum absolute atomic E-state index is 0.00417. The van der Waals surface area contributed by atoms with Gasteiger partial charge in [0, 0.05) is 11.6 Å². The van der Waals surface area contributed by atoms with Gasteiger partial charge in [-0.3, -0.25) is 0 Å². The second-order valence-electron chi connectivity index (χ2n) is 3.98. The molecule has 6 heteroatoms. The lowest BCUT2D eigenvalue weighted by Gasteiger charge is -2.08. The Labute approximate surface area is 115 Å². The van der Waals surface area contributed by atoms with Crippen molar-refractivity contribution in [1.82, 2.24) is 4.98 Å². The van der Waals surface area contributed by atoms with Gasteiger partial charge in [-0.1, -0.05) is 18.2 Å². The second kappa shape index (κ2) is 6.01. The molecule has 2 rings (SSSR count). The van der Waals surface area contributed by atoms with Crippen molar-refractivity contribution in [3.05, 3.63) is 53.5 Å². The number of rotatable bonds is 4. The van der Waals surface area contributed by atoms with Crippen molar-refractivity contribution < 1.29 is 18.7 Å². The Kier molecular flexibility index (Phi) is 4.14. The molecular weight excluding hydrogens is 263 g/mol. The summed E-state index contributed by atoms with van der Waals surface area (Å²) in [5.74, 6) is -0.778. The predicted molar refractivity (Wildman–Crippen MR) is 70.7 cm³/mol. The van der Waals surface area contributed by atoms with E-state index in [1.165, 1.54) is 25.4 Å². The summed E-state index contributed by atoms with van der Waals surface area (Å²) in [6.07, 6.45) is 1.29. The van der Waals surface area contributed by atoms with E-state index in [0.717, 1.165) is 0 Å². The number of nitrogens with two attached hydrogens (primary N) is 1. The monoisotopic (exact) mass is 276 g/mol. The van der Waals surface area contributed by atoms with Gasteiger partial charge in [0.15, 0.2) is 0 Å². The van der Waals surface area contributed by atoms with Crippen LogP contribution in [0.25, 0.3) is 0 Å². The zero-order valence-electron chi connectivity index (χ0n) is 10.8. The lowest BCUT2D eigenvalue weighted by Crippen LogP contribution is -2.07. The topological polar surface area (TPSA) is 74.4 Å². The molecule has 1 aromatic heterocycles. The third-order valence-corrected chi connectivity index (χ3v) is 2.65. The maximum atomic E-state index is 13.4. The van der Waals surface area contributed by atoms with Crippen LogP contribution in [0.5, 0.6) is 5.88 Å². The highest BCUT2D eigenvalue weighted by Gasteiger charge is 2.12. The molecular formula is C14H13FN2O3. The third-order valence-electron chi connectivity index (χ3n) is 2.65. The van der Waals surface area contributed by atoms with E-state index in [4.69, 9.17) is 10.5 Å². The van der Waals surface area contributed by atoms with Crippen molar-refractivity contribution >= 4 is 11.7 Å². The van der Waals surface area contributed by atoms with Crippen LogP contribution in [0.15, 0.2) is 36.5 Å². The SMILES string of the molecule is COC(=O)c1cc(OCc2ccccc2F)ncc1N. The number of anilines is 1. The van der Waals surface area contributed by atoms with E-state index in [-0.39, 0.29) is 29.6 Å². The Bertz CT molecular complexity index is 632. The number of pyridine rings is 1. The van der Waals surface area contributed by atoms with Crippen LogP contribution in [0.4, 0.5) is 10.1 Å². The number of benzene rings is 1. The maximum Gasteiger partial charge on any atom is 0.340 e. The summed E-state index contributed by atoms with van der Waals surface area (Å²) in [6.45, 7) is 0.00417. The number of halogens is 1. The minimum atomic E-state index is -0.583. The first-order chi connectivity index (χ1) is 9.61. The fourth-order valence-corrected chi connectivity index (χ4v) is 1.58. The van der Waals surface area contributed by atoms with Crippen molar-refractivity contribution in [2.75, 3.05) is 12.8 Å². The number of nitrogen functional groups attached to an aromatic ring is 1. The summed E-state index contributed by atoms with van der Waals surface area (Å²) in [4.78, 5) is 15.4. The van der Waals surface area contributed by atoms with Crippen LogP contribution in [-0.4, -0.2) is 18.1 Å². The number of esters is 1. The number of ether oxygens (including phenoxy) is 2. The Morgan fingerprint density at radius 1 is 1.40 bits per heavy atom. The zero-order chi connectivity index (χ0) is 14.5. The van der Waals surface area contributed by atoms with Gasteiger partial charge in [-0.25, -0.2) is 14.2 Å². The van der Waals surface area contributed by atoms with Gasteiger partial charge >= 0.3 is 5.97 Å². The molecule has 0 radical (unpaired) electrons. The molecule has 5 nitrogen and oxygen atoms in total. The van der Waals surface area contributed by atoms with Crippen LogP contribution >= 0.6 is 0 Å². The summed E-state index contributed by atoms with van der Waals surface area (Å²) in [7, 11) is 1.25. The van der Waals surface area contributed by atoms with Gasteiger partial charge in [0.25, 0.3) is 0 Å². The number of hydrogen-bond acceptors (Lipinski definition) is 5. The van der Waals surface area contributed by atoms with E-state index in [0.29, 0.717) is 5.56 Å². The summed E-state index contributed by atoms with van der Waals surface area (Å²) < 4.78 is 23.4. The van der Waals surface area contributed by atoms with Gasteiger partial charge in [0.2, 0.25) is 5.88 Å². The first-order valence-corrected chi connectivity index (χ1v) is 5.82. The molecule has 0 bridgehead atoms. The summed E-state index contributed by atoms with van der Waals surface area (Å²) in [5, 5.41) is 0. The van der Waals surface area contributed by atoms with Crippen LogP contribution in [-0.2, 0) is 11.3 Å². The van der Waals surface area contributed by atoms with Crippen molar-refractivity contribution in [3.63, 3.8) is 0 Å². The van der Waals surface area contributed by atoms with E-state index >= 15 is 0 Å². The van der Waals surface area contributed by atoms with E-state index in [1.807, 2.05) is 0 Å². The zero-order valence-corrected chi connectivity index (χ0v) is 10.8. The number of methoxy groups -OCH3 is 1. The quantitative estimate of drug-likeness (QED) is 0.866. The van der Waals surface area contributed by atoms with Gasteiger partial charge < -0.3 is 15.2 Å². The Morgan fingerprint density at radius 3 is 2.85 bits per heavy atom. The Hall–Kier alpha value is -2.63. The Balaban J connectivity index is 2.14. The molecule has 1 heterocycles. The summed E-state index contributed by atoms with van der Waals surface area (Å²) >= 11 is 0. The van der Waals surface area contributed by atoms with Crippen molar-refractivity contribution in [2.24, 2.45) is 0 Å². The highest BCUT2D eigenvalue weighted by molar-refractivity contribution is 5.95. The van der Waals surface area contributed by atoms with Crippen LogP contribution in [0.1, 0.15) is 15.9 Å². The smallest absolute Gasteiger partial charge is 0.340 e. The van der Waals surface area contributed by atoms with Gasteiger partial charge in [-0.15, -0.1) is 0 Å². The molecule has 0 aliphatic heterocycles. The standard InChI is InChI=1S/C14H13FN2O3/c1-19-14(18)10-6-13(17-7-12(10)16)20-8-9-4-2-3-5-11(9)15/h2-7H,8,16H2,1H3. The molecule has 2 aromatic rings. The lowest BCUT2D eigenvalue weighted by atomic mass is 10.2. The maximum absolute atomic E-state index is 13.4. The van der Waals surface area contributed by atoms with Crippen molar-refractivity contribution in [2.45, 2.75) is 6.61 Å². The summed E-state index contributed by atoms with van der Waals surface area (Å²) in [6, 6.07) is 7.61. The molecule has 2 N–H and O–H groups in total. The van der Waals surface area contributed by atoms with E-state index in [9.17, 15) is 9.18 Å². The molecule has 0 aliphatic carbocycles. The molecule has 0 aliphatic rings. The highest BCUT2D eigenvalue weighted by Crippen LogP contribution is 2.18. The molecule has 0 atom stereocenters. The molecule has 0 saturated heterocycles. The average molecular weight is 276 g/mol. The fourth-order valence-electron chi connectivity index (χ4n) is 1.58. The van der Waals surface area contributed by atoms with Crippen molar-refractivity contribution in [1.29, 1.82) is 0 Å². The predicted octanol–water partition coefficient (Wildman–Crippen LogP) is 2.17. The van der Waals surface area contributed by atoms with Crippen LogP contribution in [0.3, 0.4) is 0 Å². The first kappa shape index (κ1) is 13.8. The molecule has 1 aromatic carbocycles. The molecule has 104 valence electrons. The normalized spacial score (nSPS) is 10.1. The van der Waals surface area contributed by atoms with Crippen LogP contribution < -0.4 is 10.5 Å². The Morgan fingerprint density at radius 2 is 2.15 bits per heavy atom. The number of carbonyl (C=O) groups is 1. The third kappa shape index (κ3) is 3.03. The molecule has 0 fully saturated rings. The van der Waals surface area contributed by atoms with Gasteiger partial charge in [-0.2, -0.15) is 0 Å². The molecule has 0 saturated carbocycles. The number of aromatic nitrogens is 1. The van der Waals surface area contributed by atoms with E-state index in [2.05, 4.69) is 9.72 Å². The molecule has 0 spiro atoms. The second-order valence-corrected chi connectivity index (χ2v) is 3.98. The fraction of sp³-hybridized carbons (Fsp3) is 0.143. The van der Waals surface area contributed by atoms with Crippen LogP contribution in [0.2, 0.25) is 0 Å². The van der Waals surface area contributed by atoms with E-state index < -0.39 is 5.97 Å². The average Bonchev–Trinajstić information content (AvgIpc) is 2.47. The van der Waals surface area contributed by atoms with E-state index in [1.54, 1.807) is 18.2 Å². The molecule has 0 amide bonds. The summed E-state index contributed by atoms with van der Waals surface area (Å²) in [5.41, 5.74) is 6.36. The van der Waals surface area contributed by atoms with Gasteiger partial charge in [0.1, 0.15) is 12.4 Å². The van der Waals surface area contributed by atoms with Gasteiger partial charge in [-0.05, 0) is 6.07 Å². The van der Waals surface area contributed by atoms with Gasteiger partial charge in [0.05, 0.1) is 24.6 Å². The number of carbonyl (C=O) groups excluding carboxylic acids is 1. The highest BCUT2D eigenvalue weighted by atomic mass is 19.1. The molecule has 20 heavy (non-hydrogen) atoms. The van der Waals surface area contributed by atoms with Crippen molar-refractivity contribution in [3.8, 4) is 5.88 Å². The number of hydrogen-bond donors (Lipinski definition) is 1. The first-order valence-electron chi connectivity index (χ1n) is 5.82.